The molecule has 0 bridgehead atoms. The maximum Gasteiger partial charge on any atom is 0.319 e. The van der Waals surface area contributed by atoms with Crippen molar-refractivity contribution >= 4 is 34.1 Å². The van der Waals surface area contributed by atoms with E-state index in [0.717, 1.165) is 22.0 Å². The second-order valence-corrected chi connectivity index (χ2v) is 5.40. The molecule has 2 amide bonds. The average Bonchev–Trinajstić information content (AvgIpc) is 2.55. The van der Waals surface area contributed by atoms with Gasteiger partial charge in [0.2, 0.25) is 0 Å². The Balaban J connectivity index is 1.67. The van der Waals surface area contributed by atoms with Gasteiger partial charge in [-0.1, -0.05) is 60.1 Å². The summed E-state index contributed by atoms with van der Waals surface area (Å²) in [4.78, 5) is 12.0. The van der Waals surface area contributed by atoms with E-state index in [0.29, 0.717) is 11.6 Å². The second kappa shape index (κ2) is 6.50. The third-order valence-corrected chi connectivity index (χ3v) is 3.66. The highest BCUT2D eigenvalue weighted by atomic mass is 35.5. The molecule has 0 radical (unpaired) electrons. The van der Waals surface area contributed by atoms with Gasteiger partial charge < -0.3 is 10.6 Å². The summed E-state index contributed by atoms with van der Waals surface area (Å²) in [6.07, 6.45) is 0. The van der Waals surface area contributed by atoms with Gasteiger partial charge in [-0.2, -0.15) is 0 Å². The van der Waals surface area contributed by atoms with Gasteiger partial charge in [-0.25, -0.2) is 4.79 Å². The molecule has 0 unspecified atom stereocenters. The highest BCUT2D eigenvalue weighted by Gasteiger charge is 2.05. The van der Waals surface area contributed by atoms with Crippen molar-refractivity contribution in [3.05, 3.63) is 77.3 Å². The Bertz CT molecular complexity index is 794. The number of hydrogen-bond acceptors (Lipinski definition) is 1. The molecule has 0 aliphatic rings. The minimum Gasteiger partial charge on any atom is -0.334 e. The summed E-state index contributed by atoms with van der Waals surface area (Å²) in [6, 6.07) is 20.9. The zero-order valence-corrected chi connectivity index (χ0v) is 12.6. The van der Waals surface area contributed by atoms with Crippen LogP contribution in [0.1, 0.15) is 5.56 Å². The maximum atomic E-state index is 12.0. The van der Waals surface area contributed by atoms with Crippen LogP contribution in [0.4, 0.5) is 10.5 Å². The Morgan fingerprint density at radius 1 is 0.909 bits per heavy atom. The first-order chi connectivity index (χ1) is 10.7. The molecule has 0 heterocycles. The van der Waals surface area contributed by atoms with Crippen LogP contribution >= 0.6 is 11.6 Å². The molecule has 3 rings (SSSR count). The molecule has 2 N–H and O–H groups in total. The number of hydrogen-bond donors (Lipinski definition) is 2. The molecule has 0 aliphatic carbocycles. The number of nitrogens with one attached hydrogen (secondary N) is 2. The van der Waals surface area contributed by atoms with Crippen LogP contribution in [0.5, 0.6) is 0 Å². The van der Waals surface area contributed by atoms with E-state index in [9.17, 15) is 4.79 Å². The van der Waals surface area contributed by atoms with Crippen LogP contribution in [-0.2, 0) is 6.54 Å². The van der Waals surface area contributed by atoms with Crippen molar-refractivity contribution < 1.29 is 4.79 Å². The van der Waals surface area contributed by atoms with Gasteiger partial charge in [-0.05, 0) is 29.1 Å². The number of urea groups is 1. The van der Waals surface area contributed by atoms with E-state index in [1.165, 1.54) is 0 Å². The van der Waals surface area contributed by atoms with E-state index < -0.39 is 0 Å². The minimum absolute atomic E-state index is 0.230. The van der Waals surface area contributed by atoms with Gasteiger partial charge in [0.05, 0.1) is 5.69 Å². The Hall–Kier alpha value is -2.52. The predicted molar refractivity (Wildman–Crippen MR) is 91.3 cm³/mol. The summed E-state index contributed by atoms with van der Waals surface area (Å²) in [7, 11) is 0. The Morgan fingerprint density at radius 2 is 1.64 bits per heavy atom. The molecular formula is C18H15ClN2O. The van der Waals surface area contributed by atoms with Crippen LogP contribution in [-0.4, -0.2) is 6.03 Å². The normalized spacial score (nSPS) is 10.4. The van der Waals surface area contributed by atoms with Gasteiger partial charge in [0.1, 0.15) is 0 Å². The number of fused-ring (bicyclic) bond motifs is 1. The highest BCUT2D eigenvalue weighted by Crippen LogP contribution is 2.22. The number of amides is 2. The lowest BCUT2D eigenvalue weighted by Crippen LogP contribution is -2.28. The smallest absolute Gasteiger partial charge is 0.319 e. The third-order valence-electron chi connectivity index (χ3n) is 3.40. The monoisotopic (exact) mass is 310 g/mol. The number of anilines is 1. The molecule has 110 valence electrons. The lowest BCUT2D eigenvalue weighted by Gasteiger charge is -2.10. The van der Waals surface area contributed by atoms with Crippen LogP contribution in [0.2, 0.25) is 5.02 Å². The lowest BCUT2D eigenvalue weighted by atomic mass is 10.1. The maximum absolute atomic E-state index is 12.0. The molecule has 4 heteroatoms. The van der Waals surface area contributed by atoms with E-state index >= 15 is 0 Å². The topological polar surface area (TPSA) is 41.1 Å². The molecular weight excluding hydrogens is 296 g/mol. The molecule has 3 nitrogen and oxygen atoms in total. The van der Waals surface area contributed by atoms with Crippen LogP contribution in [0.3, 0.4) is 0 Å². The summed E-state index contributed by atoms with van der Waals surface area (Å²) in [5.41, 5.74) is 1.80. The van der Waals surface area contributed by atoms with Crippen molar-refractivity contribution in [2.24, 2.45) is 0 Å². The molecule has 0 saturated heterocycles. The first kappa shape index (κ1) is 14.4. The molecule has 0 fully saturated rings. The molecule has 0 atom stereocenters. The third kappa shape index (κ3) is 3.38. The molecule has 0 aliphatic heterocycles. The van der Waals surface area contributed by atoms with Crippen molar-refractivity contribution in [3.63, 3.8) is 0 Å². The van der Waals surface area contributed by atoms with Gasteiger partial charge in [0.15, 0.2) is 0 Å². The van der Waals surface area contributed by atoms with Gasteiger partial charge in [0.25, 0.3) is 0 Å². The highest BCUT2D eigenvalue weighted by molar-refractivity contribution is 6.30. The quantitative estimate of drug-likeness (QED) is 0.716. The SMILES string of the molecule is O=C(NCc1ccc(Cl)cc1)Nc1cccc2ccccc12. The Morgan fingerprint density at radius 3 is 2.45 bits per heavy atom. The van der Waals surface area contributed by atoms with E-state index in [1.807, 2.05) is 54.6 Å². The lowest BCUT2D eigenvalue weighted by molar-refractivity contribution is 0.252. The molecule has 3 aromatic rings. The summed E-state index contributed by atoms with van der Waals surface area (Å²) >= 11 is 5.84. The fourth-order valence-corrected chi connectivity index (χ4v) is 2.41. The van der Waals surface area contributed by atoms with Crippen LogP contribution in [0, 0.1) is 0 Å². The zero-order valence-electron chi connectivity index (χ0n) is 11.8. The minimum atomic E-state index is -0.230. The van der Waals surface area contributed by atoms with E-state index in [2.05, 4.69) is 10.6 Å². The van der Waals surface area contributed by atoms with Gasteiger partial charge in [0, 0.05) is 17.0 Å². The summed E-state index contributed by atoms with van der Waals surface area (Å²) in [6.45, 7) is 0.452. The van der Waals surface area contributed by atoms with Gasteiger partial charge >= 0.3 is 6.03 Å². The first-order valence-electron chi connectivity index (χ1n) is 6.99. The largest absolute Gasteiger partial charge is 0.334 e. The number of benzene rings is 3. The van der Waals surface area contributed by atoms with Crippen molar-refractivity contribution in [2.75, 3.05) is 5.32 Å². The van der Waals surface area contributed by atoms with E-state index in [4.69, 9.17) is 11.6 Å². The zero-order chi connectivity index (χ0) is 15.4. The summed E-state index contributed by atoms with van der Waals surface area (Å²) in [5.74, 6) is 0. The molecule has 0 saturated carbocycles. The Kier molecular flexibility index (Phi) is 4.26. The Labute approximate surface area is 133 Å². The predicted octanol–water partition coefficient (Wildman–Crippen LogP) is 4.81. The van der Waals surface area contributed by atoms with Crippen molar-refractivity contribution in [1.82, 2.24) is 5.32 Å². The molecule has 0 aromatic heterocycles. The van der Waals surface area contributed by atoms with Gasteiger partial charge in [-0.3, -0.25) is 0 Å². The van der Waals surface area contributed by atoms with Crippen LogP contribution in [0.25, 0.3) is 10.8 Å². The molecule has 22 heavy (non-hydrogen) atoms. The van der Waals surface area contributed by atoms with E-state index in [-0.39, 0.29) is 6.03 Å². The number of carbonyl (C=O) groups is 1. The number of carbonyl (C=O) groups excluding carboxylic acids is 1. The fraction of sp³-hybridized carbons (Fsp3) is 0.0556. The molecule has 3 aromatic carbocycles. The first-order valence-corrected chi connectivity index (χ1v) is 7.37. The standard InChI is InChI=1S/C18H15ClN2O/c19-15-10-8-13(9-11-15)12-20-18(22)21-17-7-3-5-14-4-1-2-6-16(14)17/h1-11H,12H2,(H2,20,21,22). The number of rotatable bonds is 3. The van der Waals surface area contributed by atoms with Crippen LogP contribution in [0.15, 0.2) is 66.7 Å². The average molecular weight is 311 g/mol. The van der Waals surface area contributed by atoms with Gasteiger partial charge in [-0.15, -0.1) is 0 Å². The van der Waals surface area contributed by atoms with Crippen molar-refractivity contribution in [1.29, 1.82) is 0 Å². The van der Waals surface area contributed by atoms with Crippen LogP contribution < -0.4 is 10.6 Å². The van der Waals surface area contributed by atoms with E-state index in [1.54, 1.807) is 12.1 Å². The fourth-order valence-electron chi connectivity index (χ4n) is 2.29. The summed E-state index contributed by atoms with van der Waals surface area (Å²) < 4.78 is 0. The van der Waals surface area contributed by atoms with Crippen molar-refractivity contribution in [2.45, 2.75) is 6.54 Å². The summed E-state index contributed by atoms with van der Waals surface area (Å²) in [5, 5.41) is 8.53. The van der Waals surface area contributed by atoms with Crippen molar-refractivity contribution in [3.8, 4) is 0 Å². The number of halogens is 1. The second-order valence-electron chi connectivity index (χ2n) is 4.96. The molecule has 0 spiro atoms.